The Hall–Kier alpha value is -5.98. The van der Waals surface area contributed by atoms with Crippen molar-refractivity contribution < 1.29 is 0 Å². The van der Waals surface area contributed by atoms with Crippen LogP contribution in [0.5, 0.6) is 0 Å². The topological polar surface area (TPSA) is 0 Å². The van der Waals surface area contributed by atoms with Crippen LogP contribution in [0, 0.1) is 0 Å². The van der Waals surface area contributed by atoms with Crippen molar-refractivity contribution in [3.63, 3.8) is 0 Å². The van der Waals surface area contributed by atoms with E-state index in [0.717, 1.165) is 0 Å². The Kier molecular flexibility index (Phi) is 6.02. The van der Waals surface area contributed by atoms with Gasteiger partial charge in [-0.15, -0.1) is 0 Å². The summed E-state index contributed by atoms with van der Waals surface area (Å²) in [7, 11) is 0. The summed E-state index contributed by atoms with van der Waals surface area (Å²) in [6, 6.07) is 63.1. The molecule has 0 spiro atoms. The average Bonchev–Trinajstić information content (AvgIpc) is 3.38. The lowest BCUT2D eigenvalue weighted by molar-refractivity contribution is 0.663. The molecule has 0 saturated heterocycles. The molecular weight excluding hydrogens is 589 g/mol. The van der Waals surface area contributed by atoms with Gasteiger partial charge in [0.1, 0.15) is 0 Å². The average molecular weight is 623 g/mol. The van der Waals surface area contributed by atoms with Gasteiger partial charge in [0.25, 0.3) is 0 Å². The zero-order valence-electron chi connectivity index (χ0n) is 27.7. The first kappa shape index (κ1) is 28.1. The van der Waals surface area contributed by atoms with E-state index in [2.05, 4.69) is 184 Å². The van der Waals surface area contributed by atoms with Gasteiger partial charge in [0.2, 0.25) is 0 Å². The zero-order chi connectivity index (χ0) is 32.7. The van der Waals surface area contributed by atoms with E-state index in [0.29, 0.717) is 0 Å². The lowest BCUT2D eigenvalue weighted by atomic mass is 9.75. The monoisotopic (exact) mass is 622 g/mol. The van der Waals surface area contributed by atoms with Crippen LogP contribution in [-0.2, 0) is 5.41 Å². The highest BCUT2D eigenvalue weighted by atomic mass is 14.4. The third-order valence-electron chi connectivity index (χ3n) is 11.0. The molecule has 1 aliphatic carbocycles. The van der Waals surface area contributed by atoms with Crippen LogP contribution in [-0.4, -0.2) is 0 Å². The summed E-state index contributed by atoms with van der Waals surface area (Å²) in [6.07, 6.45) is 0. The van der Waals surface area contributed by atoms with Crippen molar-refractivity contribution in [3.05, 3.63) is 181 Å². The second-order valence-corrected chi connectivity index (χ2v) is 14.0. The van der Waals surface area contributed by atoms with Gasteiger partial charge in [0.05, 0.1) is 0 Å². The SMILES string of the molecule is CC1(C)c2ccccc2-c2cc3ccccc3c(-c3c4ccccc4c(-c4cccc(-c5ccc6ccccc6c5)c4)c4ccccc34)c21. The second kappa shape index (κ2) is 10.5. The number of hydrogen-bond donors (Lipinski definition) is 0. The molecule has 0 radical (unpaired) electrons. The summed E-state index contributed by atoms with van der Waals surface area (Å²) in [5.74, 6) is 0. The summed E-state index contributed by atoms with van der Waals surface area (Å²) in [5.41, 5.74) is 13.1. The van der Waals surface area contributed by atoms with E-state index in [1.807, 2.05) is 0 Å². The molecule has 0 unspecified atom stereocenters. The minimum atomic E-state index is -0.152. The van der Waals surface area contributed by atoms with Crippen LogP contribution in [0.2, 0.25) is 0 Å². The predicted octanol–water partition coefficient (Wildman–Crippen LogP) is 13.6. The molecule has 9 aromatic rings. The second-order valence-electron chi connectivity index (χ2n) is 14.0. The van der Waals surface area contributed by atoms with Crippen molar-refractivity contribution in [2.24, 2.45) is 0 Å². The first-order valence-electron chi connectivity index (χ1n) is 17.3. The van der Waals surface area contributed by atoms with E-state index in [9.17, 15) is 0 Å². The van der Waals surface area contributed by atoms with E-state index < -0.39 is 0 Å². The molecule has 49 heavy (non-hydrogen) atoms. The standard InChI is InChI=1S/C49H34/c1-49(2)44-25-12-11-20-38(44)43-30-35-16-5-6-19-37(35)47(48(43)49)46-41-23-9-7-21-39(41)45(40-22-8-10-24-42(40)46)36-18-13-17-33(29-36)34-27-26-31-14-3-4-15-32(31)28-34/h3-30H,1-2H3. The van der Waals surface area contributed by atoms with Crippen molar-refractivity contribution in [2.45, 2.75) is 19.3 Å². The van der Waals surface area contributed by atoms with Crippen LogP contribution < -0.4 is 0 Å². The van der Waals surface area contributed by atoms with Crippen molar-refractivity contribution >= 4 is 43.1 Å². The molecule has 10 rings (SSSR count). The van der Waals surface area contributed by atoms with E-state index in [4.69, 9.17) is 0 Å². The molecule has 9 aromatic carbocycles. The van der Waals surface area contributed by atoms with Gasteiger partial charge >= 0.3 is 0 Å². The van der Waals surface area contributed by atoms with Crippen LogP contribution in [0.25, 0.3) is 87.6 Å². The molecule has 0 aliphatic heterocycles. The first-order valence-corrected chi connectivity index (χ1v) is 17.3. The minimum absolute atomic E-state index is 0.152. The number of fused-ring (bicyclic) bond motifs is 7. The summed E-state index contributed by atoms with van der Waals surface area (Å²) in [5, 5.41) is 10.3. The lowest BCUT2D eigenvalue weighted by Gasteiger charge is -2.27. The lowest BCUT2D eigenvalue weighted by Crippen LogP contribution is -2.16. The van der Waals surface area contributed by atoms with Gasteiger partial charge < -0.3 is 0 Å². The molecule has 0 heterocycles. The fraction of sp³-hybridized carbons (Fsp3) is 0.0612. The maximum atomic E-state index is 2.43. The molecule has 0 aromatic heterocycles. The van der Waals surface area contributed by atoms with Gasteiger partial charge in [-0.05, 0) is 117 Å². The van der Waals surface area contributed by atoms with Gasteiger partial charge in [0, 0.05) is 5.41 Å². The van der Waals surface area contributed by atoms with Crippen molar-refractivity contribution in [2.75, 3.05) is 0 Å². The molecule has 0 nitrogen and oxygen atoms in total. The molecule has 1 aliphatic rings. The molecular formula is C49H34. The van der Waals surface area contributed by atoms with Gasteiger partial charge in [-0.25, -0.2) is 0 Å². The van der Waals surface area contributed by atoms with E-state index in [1.54, 1.807) is 0 Å². The van der Waals surface area contributed by atoms with E-state index in [1.165, 1.54) is 98.7 Å². The Balaban J connectivity index is 1.30. The smallest absolute Gasteiger partial charge is 0.0165 e. The Morgan fingerprint density at radius 3 is 1.61 bits per heavy atom. The Bertz CT molecular complexity index is 2740. The Labute approximate surface area is 286 Å². The van der Waals surface area contributed by atoms with Crippen LogP contribution in [0.15, 0.2) is 170 Å². The summed E-state index contributed by atoms with van der Waals surface area (Å²) in [4.78, 5) is 0. The van der Waals surface area contributed by atoms with Crippen LogP contribution >= 0.6 is 0 Å². The fourth-order valence-corrected chi connectivity index (χ4v) is 8.80. The zero-order valence-corrected chi connectivity index (χ0v) is 27.7. The van der Waals surface area contributed by atoms with Crippen LogP contribution in [0.1, 0.15) is 25.0 Å². The van der Waals surface area contributed by atoms with Crippen LogP contribution in [0.3, 0.4) is 0 Å². The number of rotatable bonds is 3. The van der Waals surface area contributed by atoms with Gasteiger partial charge in [-0.1, -0.05) is 166 Å². The normalized spacial score (nSPS) is 13.3. The third-order valence-corrected chi connectivity index (χ3v) is 11.0. The maximum absolute atomic E-state index is 2.43. The van der Waals surface area contributed by atoms with Crippen molar-refractivity contribution in [1.29, 1.82) is 0 Å². The molecule has 0 bridgehead atoms. The molecule has 0 saturated carbocycles. The molecule has 0 heteroatoms. The predicted molar refractivity (Wildman–Crippen MR) is 210 cm³/mol. The van der Waals surface area contributed by atoms with Crippen molar-refractivity contribution in [1.82, 2.24) is 0 Å². The van der Waals surface area contributed by atoms with Gasteiger partial charge in [-0.2, -0.15) is 0 Å². The fourth-order valence-electron chi connectivity index (χ4n) is 8.80. The Morgan fingerprint density at radius 1 is 0.327 bits per heavy atom. The molecule has 0 fully saturated rings. The molecule has 0 N–H and O–H groups in total. The summed E-state index contributed by atoms with van der Waals surface area (Å²) in [6.45, 7) is 4.82. The molecule has 230 valence electrons. The maximum Gasteiger partial charge on any atom is 0.0165 e. The molecule has 0 atom stereocenters. The summed E-state index contributed by atoms with van der Waals surface area (Å²) < 4.78 is 0. The van der Waals surface area contributed by atoms with Crippen LogP contribution in [0.4, 0.5) is 0 Å². The first-order chi connectivity index (χ1) is 24.1. The molecule has 0 amide bonds. The minimum Gasteiger partial charge on any atom is -0.0619 e. The highest BCUT2D eigenvalue weighted by Crippen LogP contribution is 2.56. The van der Waals surface area contributed by atoms with E-state index in [-0.39, 0.29) is 5.41 Å². The largest absolute Gasteiger partial charge is 0.0619 e. The van der Waals surface area contributed by atoms with Crippen molar-refractivity contribution in [3.8, 4) is 44.5 Å². The Morgan fingerprint density at radius 2 is 0.878 bits per heavy atom. The van der Waals surface area contributed by atoms with E-state index >= 15 is 0 Å². The third kappa shape index (κ3) is 4.11. The van der Waals surface area contributed by atoms with Gasteiger partial charge in [-0.3, -0.25) is 0 Å². The highest BCUT2D eigenvalue weighted by Gasteiger charge is 2.39. The quantitative estimate of drug-likeness (QED) is 0.172. The highest BCUT2D eigenvalue weighted by molar-refractivity contribution is 6.25. The number of hydrogen-bond acceptors (Lipinski definition) is 0. The number of benzene rings is 9. The van der Waals surface area contributed by atoms with Gasteiger partial charge in [0.15, 0.2) is 0 Å². The summed E-state index contributed by atoms with van der Waals surface area (Å²) >= 11 is 0.